The van der Waals surface area contributed by atoms with Crippen LogP contribution in [-0.4, -0.2) is 30.2 Å². The van der Waals surface area contributed by atoms with Crippen molar-refractivity contribution in [3.63, 3.8) is 0 Å². The summed E-state index contributed by atoms with van der Waals surface area (Å²) in [5, 5.41) is 4.50. The van der Waals surface area contributed by atoms with Crippen molar-refractivity contribution in [1.82, 2.24) is 9.97 Å². The summed E-state index contributed by atoms with van der Waals surface area (Å²) in [6.45, 7) is 1.38. The van der Waals surface area contributed by atoms with Crippen molar-refractivity contribution >= 4 is 40.0 Å². The second-order valence-electron chi connectivity index (χ2n) is 7.21. The number of anilines is 2. The average molecular weight is 464 g/mol. The normalized spacial score (nSPS) is 11.6. The first-order valence-electron chi connectivity index (χ1n) is 10.2. The van der Waals surface area contributed by atoms with Gasteiger partial charge in [0, 0.05) is 34.6 Å². The maximum absolute atomic E-state index is 11.7. The van der Waals surface area contributed by atoms with Crippen molar-refractivity contribution in [2.45, 2.75) is 13.0 Å². The molecule has 0 radical (unpaired) electrons. The Kier molecular flexibility index (Phi) is 6.60. The third kappa shape index (κ3) is 4.83. The minimum atomic E-state index is -0.609. The van der Waals surface area contributed by atoms with Crippen LogP contribution < -0.4 is 14.8 Å². The van der Waals surface area contributed by atoms with E-state index in [4.69, 9.17) is 25.8 Å². The van der Waals surface area contributed by atoms with Crippen LogP contribution in [0.25, 0.3) is 10.9 Å². The summed E-state index contributed by atoms with van der Waals surface area (Å²) in [6, 6.07) is 18.5. The maximum atomic E-state index is 11.7. The second kappa shape index (κ2) is 9.75. The van der Waals surface area contributed by atoms with Crippen molar-refractivity contribution < 1.29 is 19.0 Å². The smallest absolute Gasteiger partial charge is 0.303 e. The van der Waals surface area contributed by atoms with Crippen LogP contribution in [0.4, 0.5) is 11.5 Å². The molecule has 0 spiro atoms. The lowest BCUT2D eigenvalue weighted by Gasteiger charge is -2.20. The third-order valence-corrected chi connectivity index (χ3v) is 5.40. The van der Waals surface area contributed by atoms with Gasteiger partial charge in [-0.25, -0.2) is 9.97 Å². The number of aromatic nitrogens is 2. The number of esters is 1. The Hall–Kier alpha value is -3.84. The highest BCUT2D eigenvalue weighted by Crippen LogP contribution is 2.36. The van der Waals surface area contributed by atoms with Crippen LogP contribution in [0.3, 0.4) is 0 Å². The molecule has 0 amide bonds. The largest absolute Gasteiger partial charge is 0.493 e. The van der Waals surface area contributed by atoms with E-state index in [0.29, 0.717) is 39.1 Å². The average Bonchev–Trinajstić information content (AvgIpc) is 2.82. The number of hydrogen-bond donors (Lipinski definition) is 1. The molecule has 0 aliphatic heterocycles. The SMILES string of the molecule is COc1cc2ncnc(Nc3ccc(C(OC(C)=O)c4ccccc4)c(Cl)c3)c2cc1OC. The summed E-state index contributed by atoms with van der Waals surface area (Å²) >= 11 is 6.63. The van der Waals surface area contributed by atoms with Crippen molar-refractivity contribution in [1.29, 1.82) is 0 Å². The highest BCUT2D eigenvalue weighted by atomic mass is 35.5. The Balaban J connectivity index is 1.69. The van der Waals surface area contributed by atoms with Gasteiger partial charge >= 0.3 is 5.97 Å². The molecule has 1 unspecified atom stereocenters. The van der Waals surface area contributed by atoms with E-state index in [1.54, 1.807) is 26.4 Å². The molecule has 8 heteroatoms. The van der Waals surface area contributed by atoms with Crippen molar-refractivity contribution in [2.75, 3.05) is 19.5 Å². The van der Waals surface area contributed by atoms with E-state index in [0.717, 1.165) is 10.9 Å². The highest BCUT2D eigenvalue weighted by molar-refractivity contribution is 6.31. The first-order chi connectivity index (χ1) is 16.0. The Morgan fingerprint density at radius 3 is 2.36 bits per heavy atom. The number of halogens is 1. The topological polar surface area (TPSA) is 82.6 Å². The molecule has 1 aromatic heterocycles. The van der Waals surface area contributed by atoms with E-state index in [2.05, 4.69) is 15.3 Å². The zero-order valence-corrected chi connectivity index (χ0v) is 19.1. The predicted molar refractivity (Wildman–Crippen MR) is 127 cm³/mol. The van der Waals surface area contributed by atoms with Gasteiger partial charge in [0.2, 0.25) is 0 Å². The minimum Gasteiger partial charge on any atom is -0.493 e. The first-order valence-corrected chi connectivity index (χ1v) is 10.5. The molecule has 1 N–H and O–H groups in total. The Bertz CT molecular complexity index is 1300. The molecule has 1 heterocycles. The summed E-state index contributed by atoms with van der Waals surface area (Å²) in [7, 11) is 3.15. The van der Waals surface area contributed by atoms with Gasteiger partial charge in [-0.15, -0.1) is 0 Å². The molecule has 4 rings (SSSR count). The number of benzene rings is 3. The number of carbonyl (C=O) groups excluding carboxylic acids is 1. The number of methoxy groups -OCH3 is 2. The van der Waals surface area contributed by atoms with Gasteiger partial charge in [-0.3, -0.25) is 4.79 Å². The van der Waals surface area contributed by atoms with E-state index in [9.17, 15) is 4.79 Å². The number of fused-ring (bicyclic) bond motifs is 1. The van der Waals surface area contributed by atoms with Gasteiger partial charge in [0.15, 0.2) is 17.6 Å². The third-order valence-electron chi connectivity index (χ3n) is 5.07. The monoisotopic (exact) mass is 463 g/mol. The molecule has 0 saturated carbocycles. The number of carbonyl (C=O) groups is 1. The maximum Gasteiger partial charge on any atom is 0.303 e. The highest BCUT2D eigenvalue weighted by Gasteiger charge is 2.20. The molecule has 0 aliphatic rings. The predicted octanol–water partition coefficient (Wildman–Crippen LogP) is 5.70. The van der Waals surface area contributed by atoms with Crippen molar-refractivity contribution in [2.24, 2.45) is 0 Å². The summed E-state index contributed by atoms with van der Waals surface area (Å²) in [6.07, 6.45) is 0.862. The van der Waals surface area contributed by atoms with Crippen molar-refractivity contribution in [3.05, 3.63) is 83.1 Å². The van der Waals surface area contributed by atoms with E-state index in [1.165, 1.54) is 13.3 Å². The fourth-order valence-electron chi connectivity index (χ4n) is 3.54. The molecule has 0 bridgehead atoms. The van der Waals surface area contributed by atoms with Gasteiger partial charge in [-0.05, 0) is 23.8 Å². The molecule has 0 fully saturated rings. The molecular formula is C25H22ClN3O4. The van der Waals surface area contributed by atoms with E-state index in [-0.39, 0.29) is 5.97 Å². The number of rotatable bonds is 7. The van der Waals surface area contributed by atoms with Crippen LogP contribution in [0.15, 0.2) is 67.0 Å². The van der Waals surface area contributed by atoms with E-state index < -0.39 is 6.10 Å². The van der Waals surface area contributed by atoms with Crippen LogP contribution >= 0.6 is 11.6 Å². The molecule has 7 nitrogen and oxygen atoms in total. The number of ether oxygens (including phenoxy) is 3. The van der Waals surface area contributed by atoms with Gasteiger partial charge < -0.3 is 19.5 Å². The van der Waals surface area contributed by atoms with E-state index >= 15 is 0 Å². The number of nitrogens with zero attached hydrogens (tertiary/aromatic N) is 2. The lowest BCUT2D eigenvalue weighted by molar-refractivity contribution is -0.144. The van der Waals surface area contributed by atoms with Crippen LogP contribution in [0.1, 0.15) is 24.2 Å². The molecule has 33 heavy (non-hydrogen) atoms. The molecular weight excluding hydrogens is 442 g/mol. The van der Waals surface area contributed by atoms with E-state index in [1.807, 2.05) is 48.5 Å². The van der Waals surface area contributed by atoms with Crippen LogP contribution in [0, 0.1) is 0 Å². The zero-order valence-electron chi connectivity index (χ0n) is 18.3. The molecule has 168 valence electrons. The van der Waals surface area contributed by atoms with Crippen molar-refractivity contribution in [3.8, 4) is 11.5 Å². The minimum absolute atomic E-state index is 0.390. The van der Waals surface area contributed by atoms with Crippen LogP contribution in [0.2, 0.25) is 5.02 Å². The quantitative estimate of drug-likeness (QED) is 0.352. The Morgan fingerprint density at radius 1 is 0.970 bits per heavy atom. The van der Waals surface area contributed by atoms with Crippen LogP contribution in [0.5, 0.6) is 11.5 Å². The van der Waals surface area contributed by atoms with Crippen LogP contribution in [-0.2, 0) is 9.53 Å². The Morgan fingerprint density at radius 2 is 1.70 bits per heavy atom. The zero-order chi connectivity index (χ0) is 23.4. The second-order valence-corrected chi connectivity index (χ2v) is 7.62. The summed E-state index contributed by atoms with van der Waals surface area (Å²) < 4.78 is 16.3. The molecule has 1 atom stereocenters. The van der Waals surface area contributed by atoms with Gasteiger partial charge in [0.25, 0.3) is 0 Å². The molecule has 4 aromatic rings. The molecule has 0 saturated heterocycles. The lowest BCUT2D eigenvalue weighted by Crippen LogP contribution is -2.10. The lowest BCUT2D eigenvalue weighted by atomic mass is 10.0. The number of hydrogen-bond acceptors (Lipinski definition) is 7. The van der Waals surface area contributed by atoms with Gasteiger partial charge in [0.1, 0.15) is 12.1 Å². The number of nitrogens with one attached hydrogen (secondary N) is 1. The summed E-state index contributed by atoms with van der Waals surface area (Å²) in [5.41, 5.74) is 2.93. The molecule has 3 aromatic carbocycles. The fourth-order valence-corrected chi connectivity index (χ4v) is 3.82. The fraction of sp³-hybridized carbons (Fsp3) is 0.160. The molecule has 0 aliphatic carbocycles. The Labute approximate surface area is 196 Å². The standard InChI is InChI=1S/C25H22ClN3O4/c1-15(30)33-24(16-7-5-4-6-8-16)18-10-9-17(11-20(18)26)29-25-19-12-22(31-2)23(32-3)13-21(19)27-14-28-25/h4-14,24H,1-3H3,(H,27,28,29). The van der Waals surface area contributed by atoms with Gasteiger partial charge in [-0.1, -0.05) is 48.0 Å². The van der Waals surface area contributed by atoms with Gasteiger partial charge in [-0.2, -0.15) is 0 Å². The summed E-state index contributed by atoms with van der Waals surface area (Å²) in [4.78, 5) is 20.4. The summed E-state index contributed by atoms with van der Waals surface area (Å²) in [5.74, 6) is 1.35. The van der Waals surface area contributed by atoms with Gasteiger partial charge in [0.05, 0.1) is 19.7 Å². The first kappa shape index (κ1) is 22.4.